The lowest BCUT2D eigenvalue weighted by molar-refractivity contribution is -0.705. The Hall–Kier alpha value is -2.35. The van der Waals surface area contributed by atoms with Gasteiger partial charge in [0.15, 0.2) is 0 Å². The zero-order valence-electron chi connectivity index (χ0n) is 36.1. The molecule has 0 aliphatic heterocycles. The summed E-state index contributed by atoms with van der Waals surface area (Å²) in [4.78, 5) is 3.83. The maximum atomic E-state index is 3.83. The Kier molecular flexibility index (Phi) is 26.3. The number of nitrogens with zero attached hydrogens (tertiary/aromatic N) is 1. The summed E-state index contributed by atoms with van der Waals surface area (Å²) in [5.74, 6) is 1.88. The van der Waals surface area contributed by atoms with Crippen molar-refractivity contribution < 1.29 is 4.57 Å². The quantitative estimate of drug-likeness (QED) is 0.0453. The first-order valence-electron chi connectivity index (χ1n) is 23.8. The van der Waals surface area contributed by atoms with Gasteiger partial charge in [0.2, 0.25) is 0 Å². The number of aromatic nitrogens is 2. The molecule has 0 aliphatic carbocycles. The van der Waals surface area contributed by atoms with E-state index in [1.807, 2.05) is 0 Å². The highest BCUT2D eigenvalue weighted by Gasteiger charge is 2.42. The molecule has 1 aromatic heterocycles. The minimum Gasteiger partial charge on any atom is -0.247 e. The van der Waals surface area contributed by atoms with Crippen molar-refractivity contribution in [2.24, 2.45) is 0 Å². The number of hydrogen-bond acceptors (Lipinski definition) is 0. The maximum absolute atomic E-state index is 3.83. The third kappa shape index (κ3) is 19.5. The summed E-state index contributed by atoms with van der Waals surface area (Å²) in [6, 6.07) is 22.7. The van der Waals surface area contributed by atoms with E-state index in [1.165, 1.54) is 210 Å². The number of rotatable bonds is 36. The van der Waals surface area contributed by atoms with E-state index in [0.717, 1.165) is 13.0 Å². The Bertz CT molecular complexity index is 1230. The predicted molar refractivity (Wildman–Crippen MR) is 238 cm³/mol. The minimum atomic E-state index is 0.000719. The average Bonchev–Trinajstić information content (AvgIpc) is 3.66. The zero-order chi connectivity index (χ0) is 38.2. The van der Waals surface area contributed by atoms with Crippen LogP contribution in [0.3, 0.4) is 0 Å². The van der Waals surface area contributed by atoms with Crippen LogP contribution in [0.5, 0.6) is 0 Å². The van der Waals surface area contributed by atoms with Crippen LogP contribution in [0, 0.1) is 0 Å². The molecule has 0 fully saturated rings. The second-order valence-corrected chi connectivity index (χ2v) is 17.4. The third-order valence-corrected chi connectivity index (χ3v) is 12.6. The van der Waals surface area contributed by atoms with Crippen LogP contribution < -0.4 is 4.57 Å². The monoisotopic (exact) mass is 740 g/mol. The van der Waals surface area contributed by atoms with Crippen molar-refractivity contribution in [2.45, 2.75) is 238 Å². The molecular formula is C52H87N2+. The van der Waals surface area contributed by atoms with Crippen LogP contribution in [0.2, 0.25) is 0 Å². The van der Waals surface area contributed by atoms with Crippen molar-refractivity contribution in [3.63, 3.8) is 0 Å². The van der Waals surface area contributed by atoms with Gasteiger partial charge in [-0.3, -0.25) is 0 Å². The van der Waals surface area contributed by atoms with Crippen molar-refractivity contribution in [3.05, 3.63) is 90.0 Å². The molecular weight excluding hydrogens is 653 g/mol. The molecule has 0 aliphatic rings. The van der Waals surface area contributed by atoms with Gasteiger partial charge in [-0.2, -0.15) is 0 Å². The Morgan fingerprint density at radius 2 is 0.870 bits per heavy atom. The van der Waals surface area contributed by atoms with Crippen LogP contribution in [-0.2, 0) is 18.4 Å². The van der Waals surface area contributed by atoms with E-state index in [4.69, 9.17) is 0 Å². The van der Waals surface area contributed by atoms with E-state index >= 15 is 0 Å². The normalized spacial score (nSPS) is 13.3. The summed E-state index contributed by atoms with van der Waals surface area (Å²) in [5, 5.41) is 0. The van der Waals surface area contributed by atoms with Gasteiger partial charge in [-0.1, -0.05) is 255 Å². The van der Waals surface area contributed by atoms with Gasteiger partial charge in [0.1, 0.15) is 12.4 Å². The molecule has 2 heteroatoms. The number of H-pyrrole nitrogens is 1. The number of nitrogens with one attached hydrogen (secondary N) is 1. The van der Waals surface area contributed by atoms with E-state index in [2.05, 4.69) is 103 Å². The maximum Gasteiger partial charge on any atom is 0.258 e. The molecule has 0 saturated heterocycles. The Balaban J connectivity index is 1.49. The van der Waals surface area contributed by atoms with Gasteiger partial charge < -0.3 is 0 Å². The molecule has 0 bridgehead atoms. The number of unbranched alkanes of at least 4 members (excludes halogenated alkanes) is 27. The lowest BCUT2D eigenvalue weighted by Crippen LogP contribution is -2.43. The number of imidazole rings is 1. The lowest BCUT2D eigenvalue weighted by atomic mass is 9.66. The number of aromatic amines is 1. The highest BCUT2D eigenvalue weighted by molar-refractivity contribution is 5.32. The molecule has 0 radical (unpaired) electrons. The summed E-state index contributed by atoms with van der Waals surface area (Å²) in [7, 11) is 0. The number of aryl methyl sites for hydroxylation is 1. The smallest absolute Gasteiger partial charge is 0.247 e. The highest BCUT2D eigenvalue weighted by atomic mass is 15.1. The van der Waals surface area contributed by atoms with Crippen LogP contribution in [0.25, 0.3) is 0 Å². The fraction of sp³-hybridized carbons (Fsp3) is 0.712. The van der Waals surface area contributed by atoms with Gasteiger partial charge in [-0.15, -0.1) is 0 Å². The summed E-state index contributed by atoms with van der Waals surface area (Å²) in [6.45, 7) is 8.31. The summed E-state index contributed by atoms with van der Waals surface area (Å²) in [6.07, 6.45) is 47.8. The van der Waals surface area contributed by atoms with Crippen LogP contribution >= 0.6 is 0 Å². The molecule has 1 N–H and O–H groups in total. The first-order chi connectivity index (χ1) is 26.7. The fourth-order valence-corrected chi connectivity index (χ4v) is 9.09. The van der Waals surface area contributed by atoms with Crippen LogP contribution in [0.4, 0.5) is 0 Å². The molecule has 3 rings (SSSR count). The first kappa shape index (κ1) is 46.0. The standard InChI is InChI=1S/C52H86N2/c1-4-6-8-10-12-14-16-18-19-20-21-23-25-27-29-37-43-50(52(3,49-41-35-32-36-42-49)47-48-39-33-31-34-40-48)51-53-44-46-54(51)45-38-30-28-26-24-22-17-15-13-11-9-7-5-2/h31-36,39-42,44,46,50H,4-30,37-38,43,45,47H2,1-3H3/p+1. The summed E-state index contributed by atoms with van der Waals surface area (Å²) >= 11 is 0. The molecule has 54 heavy (non-hydrogen) atoms. The SMILES string of the molecule is CCCCCCCCCCCCCCCCCCC(c1[nH]cc[n+]1CCCCCCCCCCCCCCC)C(C)(Cc1ccccc1)c1ccccc1. The molecule has 0 saturated carbocycles. The Morgan fingerprint density at radius 1 is 0.481 bits per heavy atom. The minimum absolute atomic E-state index is 0.000719. The first-order valence-corrected chi connectivity index (χ1v) is 23.8. The van der Waals surface area contributed by atoms with Crippen molar-refractivity contribution in [1.29, 1.82) is 0 Å². The van der Waals surface area contributed by atoms with Crippen molar-refractivity contribution in [1.82, 2.24) is 4.98 Å². The van der Waals surface area contributed by atoms with E-state index in [1.54, 1.807) is 0 Å². The van der Waals surface area contributed by atoms with Crippen molar-refractivity contribution in [2.75, 3.05) is 0 Å². The Morgan fingerprint density at radius 3 is 1.31 bits per heavy atom. The van der Waals surface area contributed by atoms with Gasteiger partial charge in [0.25, 0.3) is 5.82 Å². The van der Waals surface area contributed by atoms with E-state index < -0.39 is 0 Å². The van der Waals surface area contributed by atoms with Gasteiger partial charge >= 0.3 is 0 Å². The highest BCUT2D eigenvalue weighted by Crippen LogP contribution is 2.43. The third-order valence-electron chi connectivity index (χ3n) is 12.6. The van der Waals surface area contributed by atoms with Crippen molar-refractivity contribution >= 4 is 0 Å². The largest absolute Gasteiger partial charge is 0.258 e. The molecule has 2 atom stereocenters. The zero-order valence-corrected chi connectivity index (χ0v) is 36.1. The fourth-order valence-electron chi connectivity index (χ4n) is 9.09. The number of hydrogen-bond donors (Lipinski definition) is 1. The van der Waals surface area contributed by atoms with Crippen LogP contribution in [0.1, 0.15) is 236 Å². The molecule has 0 amide bonds. The van der Waals surface area contributed by atoms with E-state index in [0.29, 0.717) is 5.92 Å². The molecule has 2 unspecified atom stereocenters. The van der Waals surface area contributed by atoms with Gasteiger partial charge in [0, 0.05) is 5.41 Å². The summed E-state index contributed by atoms with van der Waals surface area (Å²) in [5.41, 5.74) is 2.91. The molecule has 304 valence electrons. The van der Waals surface area contributed by atoms with Gasteiger partial charge in [0.05, 0.1) is 12.5 Å². The van der Waals surface area contributed by atoms with Gasteiger partial charge in [-0.05, 0) is 36.8 Å². The van der Waals surface area contributed by atoms with Crippen LogP contribution in [0.15, 0.2) is 73.1 Å². The lowest BCUT2D eigenvalue weighted by Gasteiger charge is -2.37. The van der Waals surface area contributed by atoms with E-state index in [-0.39, 0.29) is 5.41 Å². The van der Waals surface area contributed by atoms with Gasteiger partial charge in [-0.25, -0.2) is 9.55 Å². The Labute approximate surface area is 336 Å². The molecule has 3 aromatic rings. The number of benzene rings is 2. The average molecular weight is 740 g/mol. The van der Waals surface area contributed by atoms with E-state index in [9.17, 15) is 0 Å². The van der Waals surface area contributed by atoms with Crippen molar-refractivity contribution in [3.8, 4) is 0 Å². The molecule has 1 heterocycles. The topological polar surface area (TPSA) is 19.7 Å². The van der Waals surface area contributed by atoms with Crippen LogP contribution in [-0.4, -0.2) is 4.98 Å². The summed E-state index contributed by atoms with van der Waals surface area (Å²) < 4.78 is 2.60. The molecule has 0 spiro atoms. The second kappa shape index (κ2) is 30.8. The molecule has 2 nitrogen and oxygen atoms in total. The second-order valence-electron chi connectivity index (χ2n) is 17.4. The molecule has 2 aromatic carbocycles. The predicted octanol–water partition coefficient (Wildman–Crippen LogP) is 16.3.